The van der Waals surface area contributed by atoms with Crippen molar-refractivity contribution in [2.45, 2.75) is 25.4 Å². The normalized spacial score (nSPS) is 30.4. The van der Waals surface area contributed by atoms with Gasteiger partial charge in [0.1, 0.15) is 12.8 Å². The summed E-state index contributed by atoms with van der Waals surface area (Å²) in [6, 6.07) is 0. The van der Waals surface area contributed by atoms with Crippen molar-refractivity contribution in [3.8, 4) is 0 Å². The average Bonchev–Trinajstić information content (AvgIpc) is 2.39. The molecule has 0 radical (unpaired) electrons. The van der Waals surface area contributed by atoms with Gasteiger partial charge in [-0.25, -0.2) is 4.39 Å². The van der Waals surface area contributed by atoms with Crippen molar-refractivity contribution < 1.29 is 13.9 Å². The van der Waals surface area contributed by atoms with Crippen LogP contribution >= 0.6 is 0 Å². The first-order chi connectivity index (χ1) is 7.81. The minimum atomic E-state index is -0.506. The van der Waals surface area contributed by atoms with Crippen LogP contribution in [0.2, 0.25) is 0 Å². The number of allylic oxidation sites excluding steroid dienone is 2. The van der Waals surface area contributed by atoms with Gasteiger partial charge >= 0.3 is 0 Å². The number of amides is 1. The third-order valence-corrected chi connectivity index (χ3v) is 3.24. The van der Waals surface area contributed by atoms with Crippen molar-refractivity contribution >= 4 is 5.91 Å². The van der Waals surface area contributed by atoms with Crippen LogP contribution in [0.25, 0.3) is 0 Å². The Balaban J connectivity index is 1.90. The summed E-state index contributed by atoms with van der Waals surface area (Å²) in [4.78, 5) is 13.9. The van der Waals surface area contributed by atoms with Crippen molar-refractivity contribution in [2.75, 3.05) is 26.4 Å². The Morgan fingerprint density at radius 3 is 3.06 bits per heavy atom. The predicted molar refractivity (Wildman–Crippen MR) is 58.8 cm³/mol. The smallest absolute Gasteiger partial charge is 0.226 e. The van der Waals surface area contributed by atoms with Crippen molar-refractivity contribution in [1.82, 2.24) is 4.90 Å². The SMILES string of the molecule is O=C([C@@H]1CC=CCC1)N1CCO[C@H](CF)C1. The molecule has 90 valence electrons. The van der Waals surface area contributed by atoms with Crippen LogP contribution in [0.3, 0.4) is 0 Å². The topological polar surface area (TPSA) is 29.5 Å². The van der Waals surface area contributed by atoms with E-state index in [-0.39, 0.29) is 11.8 Å². The zero-order valence-corrected chi connectivity index (χ0v) is 9.40. The number of halogens is 1. The molecule has 2 atom stereocenters. The molecule has 2 rings (SSSR count). The van der Waals surface area contributed by atoms with Crippen LogP contribution in [-0.4, -0.2) is 43.3 Å². The second-order valence-corrected chi connectivity index (χ2v) is 4.41. The molecule has 1 amide bonds. The van der Waals surface area contributed by atoms with E-state index < -0.39 is 12.8 Å². The van der Waals surface area contributed by atoms with Gasteiger partial charge in [0.15, 0.2) is 0 Å². The number of alkyl halides is 1. The molecular weight excluding hydrogens is 209 g/mol. The van der Waals surface area contributed by atoms with Crippen molar-refractivity contribution in [3.05, 3.63) is 12.2 Å². The molecule has 0 saturated carbocycles. The molecule has 3 nitrogen and oxygen atoms in total. The van der Waals surface area contributed by atoms with Crippen LogP contribution in [0.15, 0.2) is 12.2 Å². The lowest BCUT2D eigenvalue weighted by Gasteiger charge is -2.34. The van der Waals surface area contributed by atoms with E-state index in [0.717, 1.165) is 19.3 Å². The van der Waals surface area contributed by atoms with Gasteiger partial charge in [-0.15, -0.1) is 0 Å². The van der Waals surface area contributed by atoms with E-state index in [4.69, 9.17) is 4.74 Å². The van der Waals surface area contributed by atoms with Gasteiger partial charge in [-0.3, -0.25) is 4.79 Å². The van der Waals surface area contributed by atoms with Gasteiger partial charge in [0.25, 0.3) is 0 Å². The van der Waals surface area contributed by atoms with E-state index >= 15 is 0 Å². The van der Waals surface area contributed by atoms with Crippen LogP contribution in [0.1, 0.15) is 19.3 Å². The predicted octanol–water partition coefficient (Wildman–Crippen LogP) is 1.54. The Kier molecular flexibility index (Phi) is 3.93. The van der Waals surface area contributed by atoms with Gasteiger partial charge < -0.3 is 9.64 Å². The number of morpholine rings is 1. The molecule has 0 aromatic heterocycles. The highest BCUT2D eigenvalue weighted by atomic mass is 19.1. The van der Waals surface area contributed by atoms with Crippen LogP contribution in [-0.2, 0) is 9.53 Å². The summed E-state index contributed by atoms with van der Waals surface area (Å²) in [6.07, 6.45) is 6.50. The first kappa shape index (κ1) is 11.6. The molecule has 0 N–H and O–H groups in total. The zero-order valence-electron chi connectivity index (χ0n) is 9.40. The monoisotopic (exact) mass is 227 g/mol. The number of hydrogen-bond donors (Lipinski definition) is 0. The number of nitrogens with zero attached hydrogens (tertiary/aromatic N) is 1. The van der Waals surface area contributed by atoms with Gasteiger partial charge in [0, 0.05) is 19.0 Å². The van der Waals surface area contributed by atoms with Crippen LogP contribution in [0, 0.1) is 5.92 Å². The number of ether oxygens (including phenoxy) is 1. The van der Waals surface area contributed by atoms with Crippen LogP contribution in [0.5, 0.6) is 0 Å². The number of carbonyl (C=O) groups excluding carboxylic acids is 1. The third kappa shape index (κ3) is 2.61. The standard InChI is InChI=1S/C12H18FNO2/c13-8-11-9-14(6-7-16-11)12(15)10-4-2-1-3-5-10/h1-2,10-11H,3-9H2/t10-,11-/m1/s1. The van der Waals surface area contributed by atoms with E-state index in [1.807, 2.05) is 0 Å². The second kappa shape index (κ2) is 5.43. The average molecular weight is 227 g/mol. The van der Waals surface area contributed by atoms with Crippen molar-refractivity contribution in [2.24, 2.45) is 5.92 Å². The summed E-state index contributed by atoms with van der Waals surface area (Å²) in [6.45, 7) is 0.975. The van der Waals surface area contributed by atoms with Gasteiger partial charge in [-0.05, 0) is 19.3 Å². The second-order valence-electron chi connectivity index (χ2n) is 4.41. The number of hydrogen-bond acceptors (Lipinski definition) is 2. The molecule has 4 heteroatoms. The summed E-state index contributed by atoms with van der Waals surface area (Å²) in [5.74, 6) is 0.273. The maximum absolute atomic E-state index is 12.5. The van der Waals surface area contributed by atoms with E-state index in [1.165, 1.54) is 0 Å². The van der Waals surface area contributed by atoms with Crippen LogP contribution < -0.4 is 0 Å². The van der Waals surface area contributed by atoms with Gasteiger partial charge in [-0.2, -0.15) is 0 Å². The summed E-state index contributed by atoms with van der Waals surface area (Å²) in [7, 11) is 0. The van der Waals surface area contributed by atoms with Crippen molar-refractivity contribution in [1.29, 1.82) is 0 Å². The van der Waals surface area contributed by atoms with E-state index in [1.54, 1.807) is 4.90 Å². The van der Waals surface area contributed by atoms with Gasteiger partial charge in [0.2, 0.25) is 5.91 Å². The lowest BCUT2D eigenvalue weighted by molar-refractivity contribution is -0.143. The summed E-state index contributed by atoms with van der Waals surface area (Å²) in [5, 5.41) is 0. The van der Waals surface area contributed by atoms with E-state index in [9.17, 15) is 9.18 Å². The largest absolute Gasteiger partial charge is 0.372 e. The number of rotatable bonds is 2. The highest BCUT2D eigenvalue weighted by molar-refractivity contribution is 5.79. The molecule has 0 aromatic carbocycles. The fourth-order valence-electron chi connectivity index (χ4n) is 2.29. The molecule has 1 aliphatic heterocycles. The molecule has 1 aliphatic carbocycles. The summed E-state index contributed by atoms with van der Waals surface area (Å²) in [5.41, 5.74) is 0. The molecular formula is C12H18FNO2. The molecule has 1 heterocycles. The van der Waals surface area contributed by atoms with Crippen LogP contribution in [0.4, 0.5) is 4.39 Å². The Morgan fingerprint density at radius 2 is 2.38 bits per heavy atom. The molecule has 0 spiro atoms. The third-order valence-electron chi connectivity index (χ3n) is 3.24. The summed E-state index contributed by atoms with van der Waals surface area (Å²) < 4.78 is 17.7. The number of carbonyl (C=O) groups is 1. The Hall–Kier alpha value is -0.900. The maximum atomic E-state index is 12.5. The lowest BCUT2D eigenvalue weighted by atomic mass is 9.93. The maximum Gasteiger partial charge on any atom is 0.226 e. The molecule has 0 aromatic rings. The van der Waals surface area contributed by atoms with Gasteiger partial charge in [0.05, 0.1) is 6.61 Å². The van der Waals surface area contributed by atoms with E-state index in [0.29, 0.717) is 19.7 Å². The molecule has 16 heavy (non-hydrogen) atoms. The quantitative estimate of drug-likeness (QED) is 0.670. The summed E-state index contributed by atoms with van der Waals surface area (Å²) >= 11 is 0. The molecule has 0 unspecified atom stereocenters. The molecule has 1 fully saturated rings. The highest BCUT2D eigenvalue weighted by Crippen LogP contribution is 2.21. The Labute approximate surface area is 95.3 Å². The minimum Gasteiger partial charge on any atom is -0.372 e. The van der Waals surface area contributed by atoms with Gasteiger partial charge in [-0.1, -0.05) is 12.2 Å². The lowest BCUT2D eigenvalue weighted by Crippen LogP contribution is -2.48. The zero-order chi connectivity index (χ0) is 11.4. The first-order valence-corrected chi connectivity index (χ1v) is 5.92. The Morgan fingerprint density at radius 1 is 1.50 bits per heavy atom. The molecule has 2 aliphatic rings. The fraction of sp³-hybridized carbons (Fsp3) is 0.750. The van der Waals surface area contributed by atoms with E-state index in [2.05, 4.69) is 12.2 Å². The fourth-order valence-corrected chi connectivity index (χ4v) is 2.29. The first-order valence-electron chi connectivity index (χ1n) is 5.92. The van der Waals surface area contributed by atoms with Crippen molar-refractivity contribution in [3.63, 3.8) is 0 Å². The molecule has 1 saturated heterocycles. The molecule has 0 bridgehead atoms. The Bertz CT molecular complexity index is 280. The highest BCUT2D eigenvalue weighted by Gasteiger charge is 2.29. The minimum absolute atomic E-state index is 0.100.